The summed E-state index contributed by atoms with van der Waals surface area (Å²) < 4.78 is 24.3. The number of aliphatic hydroxyl groups excluding tert-OH is 1. The van der Waals surface area contributed by atoms with Crippen LogP contribution in [0.1, 0.15) is 20.3 Å². The first-order chi connectivity index (χ1) is 8.95. The molecule has 0 radical (unpaired) electrons. The zero-order chi connectivity index (χ0) is 14.0. The highest BCUT2D eigenvalue weighted by atomic mass is 32.2. The zero-order valence-electron chi connectivity index (χ0n) is 11.4. The molecule has 2 atom stereocenters. The molecule has 1 aliphatic rings. The van der Waals surface area contributed by atoms with E-state index in [1.165, 1.54) is 0 Å². The van der Waals surface area contributed by atoms with E-state index in [1.807, 2.05) is 19.1 Å². The first-order valence-electron chi connectivity index (χ1n) is 6.70. The Morgan fingerprint density at radius 3 is 2.68 bits per heavy atom. The SMILES string of the molecule is CCS(=O)(=O)c1ccccc1N1CCC(O)C(C)C1. The zero-order valence-corrected chi connectivity index (χ0v) is 12.2. The lowest BCUT2D eigenvalue weighted by Gasteiger charge is -2.36. The molecule has 5 heteroatoms. The molecule has 2 unspecified atom stereocenters. The number of aliphatic hydroxyl groups is 1. The van der Waals surface area contributed by atoms with Crippen LogP contribution in [-0.2, 0) is 9.84 Å². The van der Waals surface area contributed by atoms with E-state index >= 15 is 0 Å². The molecule has 0 aliphatic carbocycles. The number of nitrogens with zero attached hydrogens (tertiary/aromatic N) is 1. The lowest BCUT2D eigenvalue weighted by atomic mass is 9.96. The van der Waals surface area contributed by atoms with Crippen LogP contribution in [0.3, 0.4) is 0 Å². The van der Waals surface area contributed by atoms with Crippen molar-refractivity contribution in [1.29, 1.82) is 0 Å². The minimum Gasteiger partial charge on any atom is -0.393 e. The molecule has 1 aromatic rings. The van der Waals surface area contributed by atoms with Crippen LogP contribution in [-0.4, -0.2) is 38.5 Å². The number of benzene rings is 1. The third-order valence-electron chi connectivity index (χ3n) is 3.78. The first kappa shape index (κ1) is 14.3. The highest BCUT2D eigenvalue weighted by Crippen LogP contribution is 2.29. The van der Waals surface area contributed by atoms with E-state index < -0.39 is 9.84 Å². The summed E-state index contributed by atoms with van der Waals surface area (Å²) in [4.78, 5) is 2.47. The topological polar surface area (TPSA) is 57.6 Å². The molecular weight excluding hydrogens is 262 g/mol. The van der Waals surface area contributed by atoms with Crippen molar-refractivity contribution < 1.29 is 13.5 Å². The predicted molar refractivity (Wildman–Crippen MR) is 76.2 cm³/mol. The Bertz CT molecular complexity index is 541. The smallest absolute Gasteiger partial charge is 0.180 e. The maximum atomic E-state index is 12.1. The van der Waals surface area contributed by atoms with Gasteiger partial charge in [-0.15, -0.1) is 0 Å². The standard InChI is InChI=1S/C14H21NO3S/c1-3-19(17,18)14-7-5-4-6-12(14)15-9-8-13(16)11(2)10-15/h4-7,11,13,16H,3,8-10H2,1-2H3. The van der Waals surface area contributed by atoms with Crippen molar-refractivity contribution in [3.8, 4) is 0 Å². The van der Waals surface area contributed by atoms with Crippen molar-refractivity contribution in [1.82, 2.24) is 0 Å². The molecule has 1 saturated heterocycles. The van der Waals surface area contributed by atoms with Crippen LogP contribution in [0.5, 0.6) is 0 Å². The van der Waals surface area contributed by atoms with Gasteiger partial charge < -0.3 is 10.0 Å². The maximum Gasteiger partial charge on any atom is 0.180 e. The second-order valence-corrected chi connectivity index (χ2v) is 7.40. The van der Waals surface area contributed by atoms with E-state index in [-0.39, 0.29) is 17.8 Å². The first-order valence-corrected chi connectivity index (χ1v) is 8.35. The molecule has 2 rings (SSSR count). The Morgan fingerprint density at radius 2 is 2.05 bits per heavy atom. The number of piperidine rings is 1. The summed E-state index contributed by atoms with van der Waals surface area (Å²) in [6.07, 6.45) is 0.396. The van der Waals surface area contributed by atoms with E-state index in [4.69, 9.17) is 0 Å². The number of anilines is 1. The van der Waals surface area contributed by atoms with Crippen LogP contribution in [0.4, 0.5) is 5.69 Å². The fraction of sp³-hybridized carbons (Fsp3) is 0.571. The van der Waals surface area contributed by atoms with Gasteiger partial charge in [0.05, 0.1) is 22.4 Å². The predicted octanol–water partition coefficient (Wildman–Crippen LogP) is 1.69. The minimum atomic E-state index is -3.21. The van der Waals surface area contributed by atoms with Crippen LogP contribution in [0.15, 0.2) is 29.2 Å². The number of para-hydroxylation sites is 1. The molecular formula is C14H21NO3S. The van der Waals surface area contributed by atoms with Gasteiger partial charge in [0.15, 0.2) is 9.84 Å². The molecule has 1 fully saturated rings. The van der Waals surface area contributed by atoms with Crippen LogP contribution < -0.4 is 4.90 Å². The average Bonchev–Trinajstić information content (AvgIpc) is 2.42. The van der Waals surface area contributed by atoms with E-state index in [9.17, 15) is 13.5 Å². The molecule has 1 N–H and O–H groups in total. The van der Waals surface area contributed by atoms with Crippen LogP contribution in [0.25, 0.3) is 0 Å². The van der Waals surface area contributed by atoms with Crippen molar-refractivity contribution >= 4 is 15.5 Å². The minimum absolute atomic E-state index is 0.107. The van der Waals surface area contributed by atoms with Crippen molar-refractivity contribution in [2.75, 3.05) is 23.7 Å². The second-order valence-electron chi connectivity index (χ2n) is 5.15. The summed E-state index contributed by atoms with van der Waals surface area (Å²) >= 11 is 0. The summed E-state index contributed by atoms with van der Waals surface area (Å²) in [7, 11) is -3.21. The van der Waals surface area contributed by atoms with Crippen LogP contribution >= 0.6 is 0 Å². The fourth-order valence-electron chi connectivity index (χ4n) is 2.49. The van der Waals surface area contributed by atoms with Gasteiger partial charge in [0.2, 0.25) is 0 Å². The molecule has 1 aliphatic heterocycles. The van der Waals surface area contributed by atoms with Gasteiger partial charge in [0.25, 0.3) is 0 Å². The molecule has 0 amide bonds. The fourth-order valence-corrected chi connectivity index (χ4v) is 3.60. The van der Waals surface area contributed by atoms with Gasteiger partial charge in [0, 0.05) is 13.1 Å². The van der Waals surface area contributed by atoms with Crippen molar-refractivity contribution in [2.24, 2.45) is 5.92 Å². The average molecular weight is 283 g/mol. The summed E-state index contributed by atoms with van der Waals surface area (Å²) in [5, 5.41) is 9.77. The lowest BCUT2D eigenvalue weighted by Crippen LogP contribution is -2.42. The van der Waals surface area contributed by atoms with Gasteiger partial charge >= 0.3 is 0 Å². The molecule has 4 nitrogen and oxygen atoms in total. The largest absolute Gasteiger partial charge is 0.393 e. The molecule has 1 heterocycles. The molecule has 19 heavy (non-hydrogen) atoms. The van der Waals surface area contributed by atoms with Gasteiger partial charge in [-0.3, -0.25) is 0 Å². The molecule has 0 aromatic heterocycles. The second kappa shape index (κ2) is 5.51. The van der Waals surface area contributed by atoms with E-state index in [1.54, 1.807) is 19.1 Å². The van der Waals surface area contributed by atoms with Crippen LogP contribution in [0, 0.1) is 5.92 Å². The Morgan fingerprint density at radius 1 is 1.37 bits per heavy atom. The van der Waals surface area contributed by atoms with Crippen molar-refractivity contribution in [3.63, 3.8) is 0 Å². The summed E-state index contributed by atoms with van der Waals surface area (Å²) in [6, 6.07) is 7.14. The Labute approximate surface area is 115 Å². The highest BCUT2D eigenvalue weighted by molar-refractivity contribution is 7.91. The third-order valence-corrected chi connectivity index (χ3v) is 5.56. The van der Waals surface area contributed by atoms with Gasteiger partial charge in [-0.05, 0) is 24.5 Å². The number of hydrogen-bond donors (Lipinski definition) is 1. The number of hydrogen-bond acceptors (Lipinski definition) is 4. The Hall–Kier alpha value is -1.07. The Balaban J connectivity index is 2.36. The molecule has 0 bridgehead atoms. The van der Waals surface area contributed by atoms with E-state index in [2.05, 4.69) is 4.90 Å². The number of sulfone groups is 1. The maximum absolute atomic E-state index is 12.1. The van der Waals surface area contributed by atoms with E-state index in [0.717, 1.165) is 5.69 Å². The van der Waals surface area contributed by atoms with Gasteiger partial charge in [-0.25, -0.2) is 8.42 Å². The molecule has 1 aromatic carbocycles. The summed E-state index contributed by atoms with van der Waals surface area (Å²) in [5.74, 6) is 0.266. The quantitative estimate of drug-likeness (QED) is 0.917. The van der Waals surface area contributed by atoms with E-state index in [0.29, 0.717) is 24.4 Å². The van der Waals surface area contributed by atoms with Gasteiger partial charge in [-0.1, -0.05) is 26.0 Å². The lowest BCUT2D eigenvalue weighted by molar-refractivity contribution is 0.0969. The molecule has 0 saturated carbocycles. The summed E-state index contributed by atoms with van der Waals surface area (Å²) in [5.41, 5.74) is 0.767. The molecule has 106 valence electrons. The number of rotatable bonds is 3. The summed E-state index contributed by atoms with van der Waals surface area (Å²) in [6.45, 7) is 5.04. The highest BCUT2D eigenvalue weighted by Gasteiger charge is 2.27. The molecule has 0 spiro atoms. The Kier molecular flexibility index (Phi) is 4.16. The van der Waals surface area contributed by atoms with Gasteiger partial charge in [-0.2, -0.15) is 0 Å². The van der Waals surface area contributed by atoms with Gasteiger partial charge in [0.1, 0.15) is 0 Å². The van der Waals surface area contributed by atoms with Crippen LogP contribution in [0.2, 0.25) is 0 Å². The van der Waals surface area contributed by atoms with Crippen molar-refractivity contribution in [2.45, 2.75) is 31.3 Å². The third kappa shape index (κ3) is 2.92. The normalized spacial score (nSPS) is 24.5. The monoisotopic (exact) mass is 283 g/mol. The van der Waals surface area contributed by atoms with Crippen molar-refractivity contribution in [3.05, 3.63) is 24.3 Å².